The number of rotatable bonds is 6. The van der Waals surface area contributed by atoms with Gasteiger partial charge in [-0.15, -0.1) is 0 Å². The van der Waals surface area contributed by atoms with Crippen molar-refractivity contribution in [1.82, 2.24) is 4.98 Å². The fraction of sp³-hybridized carbons (Fsp3) is 0.200. The van der Waals surface area contributed by atoms with Gasteiger partial charge in [-0.05, 0) is 31.2 Å². The van der Waals surface area contributed by atoms with E-state index >= 15 is 0 Å². The van der Waals surface area contributed by atoms with Gasteiger partial charge in [0, 0.05) is 6.42 Å². The third-order valence-electron chi connectivity index (χ3n) is 3.86. The highest BCUT2D eigenvalue weighted by Gasteiger charge is 2.19. The first-order valence-electron chi connectivity index (χ1n) is 8.40. The summed E-state index contributed by atoms with van der Waals surface area (Å²) in [5.74, 6) is -0.602. The summed E-state index contributed by atoms with van der Waals surface area (Å²) in [4.78, 5) is 28.5. The standard InChI is InChI=1S/C20H17N3O4/c1-13(20(25)23-15-7-3-2-6-14(15)12-21)26-19(24)11-10-18-22-16-8-4-5-9-17(16)27-18/h2-9,13H,10-11H2,1H3,(H,23,25)/t13-/m1/s1. The number of nitriles is 1. The summed E-state index contributed by atoms with van der Waals surface area (Å²) >= 11 is 0. The molecule has 0 fully saturated rings. The third-order valence-corrected chi connectivity index (χ3v) is 3.86. The molecule has 0 aliphatic rings. The number of amides is 1. The molecule has 2 aromatic carbocycles. The molecule has 27 heavy (non-hydrogen) atoms. The molecule has 0 radical (unpaired) electrons. The maximum Gasteiger partial charge on any atom is 0.307 e. The van der Waals surface area contributed by atoms with Crippen LogP contribution in [0.4, 0.5) is 5.69 Å². The van der Waals surface area contributed by atoms with E-state index in [1.165, 1.54) is 6.92 Å². The number of carbonyl (C=O) groups excluding carboxylic acids is 2. The fourth-order valence-electron chi connectivity index (χ4n) is 2.47. The van der Waals surface area contributed by atoms with Crippen molar-refractivity contribution >= 4 is 28.7 Å². The minimum Gasteiger partial charge on any atom is -0.453 e. The Morgan fingerprint density at radius 3 is 2.74 bits per heavy atom. The molecule has 7 heteroatoms. The van der Waals surface area contributed by atoms with Crippen molar-refractivity contribution in [2.45, 2.75) is 25.9 Å². The Morgan fingerprint density at radius 1 is 1.22 bits per heavy atom. The lowest BCUT2D eigenvalue weighted by Gasteiger charge is -2.13. The van der Waals surface area contributed by atoms with E-state index in [1.807, 2.05) is 24.3 Å². The number of ether oxygens (including phenoxy) is 1. The van der Waals surface area contributed by atoms with Crippen molar-refractivity contribution in [1.29, 1.82) is 5.26 Å². The zero-order chi connectivity index (χ0) is 19.2. The number of aromatic nitrogens is 1. The molecule has 0 unspecified atom stereocenters. The number of nitrogens with one attached hydrogen (secondary N) is 1. The van der Waals surface area contributed by atoms with E-state index in [0.717, 1.165) is 5.52 Å². The van der Waals surface area contributed by atoms with Crippen LogP contribution in [0.5, 0.6) is 0 Å². The summed E-state index contributed by atoms with van der Waals surface area (Å²) in [5, 5.41) is 11.6. The van der Waals surface area contributed by atoms with Crippen LogP contribution in [0.3, 0.4) is 0 Å². The van der Waals surface area contributed by atoms with Gasteiger partial charge < -0.3 is 14.5 Å². The first-order chi connectivity index (χ1) is 13.1. The molecule has 0 spiro atoms. The van der Waals surface area contributed by atoms with Gasteiger partial charge in [-0.3, -0.25) is 9.59 Å². The van der Waals surface area contributed by atoms with Gasteiger partial charge in [0.05, 0.1) is 17.7 Å². The van der Waals surface area contributed by atoms with Crippen LogP contribution in [-0.4, -0.2) is 23.0 Å². The van der Waals surface area contributed by atoms with E-state index in [4.69, 9.17) is 14.4 Å². The Balaban J connectivity index is 1.52. The number of esters is 1. The minimum atomic E-state index is -0.993. The van der Waals surface area contributed by atoms with Crippen molar-refractivity contribution in [2.24, 2.45) is 0 Å². The zero-order valence-electron chi connectivity index (χ0n) is 14.6. The quantitative estimate of drug-likeness (QED) is 0.674. The summed E-state index contributed by atoms with van der Waals surface area (Å²) in [5.41, 5.74) is 2.09. The molecule has 3 rings (SSSR count). The molecule has 1 atom stereocenters. The number of carbonyl (C=O) groups is 2. The average Bonchev–Trinajstić information content (AvgIpc) is 3.09. The number of aryl methyl sites for hydroxylation is 1. The van der Waals surface area contributed by atoms with Crippen molar-refractivity contribution < 1.29 is 18.7 Å². The Hall–Kier alpha value is -3.66. The van der Waals surface area contributed by atoms with Crippen molar-refractivity contribution in [3.8, 4) is 6.07 Å². The first-order valence-corrected chi connectivity index (χ1v) is 8.40. The topological polar surface area (TPSA) is 105 Å². The molecule has 7 nitrogen and oxygen atoms in total. The minimum absolute atomic E-state index is 0.0409. The average molecular weight is 363 g/mol. The van der Waals surface area contributed by atoms with Crippen LogP contribution in [0.1, 0.15) is 24.8 Å². The van der Waals surface area contributed by atoms with Crippen molar-refractivity contribution in [3.63, 3.8) is 0 Å². The van der Waals surface area contributed by atoms with Crippen LogP contribution in [-0.2, 0) is 20.7 Å². The van der Waals surface area contributed by atoms with Crippen LogP contribution in [0.2, 0.25) is 0 Å². The monoisotopic (exact) mass is 363 g/mol. The molecule has 1 heterocycles. The number of hydrogen-bond acceptors (Lipinski definition) is 6. The molecule has 0 saturated carbocycles. The van der Waals surface area contributed by atoms with Gasteiger partial charge in [-0.2, -0.15) is 5.26 Å². The summed E-state index contributed by atoms with van der Waals surface area (Å²) in [7, 11) is 0. The summed E-state index contributed by atoms with van der Waals surface area (Å²) in [6.07, 6.45) is -0.675. The van der Waals surface area contributed by atoms with Crippen molar-refractivity contribution in [3.05, 3.63) is 60.0 Å². The normalized spacial score (nSPS) is 11.6. The van der Waals surface area contributed by atoms with E-state index in [1.54, 1.807) is 30.3 Å². The van der Waals surface area contributed by atoms with Gasteiger partial charge in [0.1, 0.15) is 11.6 Å². The molecule has 1 N–H and O–H groups in total. The van der Waals surface area contributed by atoms with E-state index in [9.17, 15) is 9.59 Å². The van der Waals surface area contributed by atoms with Crippen LogP contribution < -0.4 is 5.32 Å². The summed E-state index contributed by atoms with van der Waals surface area (Å²) < 4.78 is 10.7. The van der Waals surface area contributed by atoms with Gasteiger partial charge >= 0.3 is 5.97 Å². The van der Waals surface area contributed by atoms with Crippen LogP contribution in [0.15, 0.2) is 52.9 Å². The fourth-order valence-corrected chi connectivity index (χ4v) is 2.47. The molecule has 3 aromatic rings. The number of fused-ring (bicyclic) bond motifs is 1. The molecular weight excluding hydrogens is 346 g/mol. The first kappa shape index (κ1) is 18.1. The zero-order valence-corrected chi connectivity index (χ0v) is 14.6. The number of para-hydroxylation sites is 3. The summed E-state index contributed by atoms with van der Waals surface area (Å²) in [6.45, 7) is 1.47. The molecule has 1 aromatic heterocycles. The molecule has 1 amide bonds. The lowest BCUT2D eigenvalue weighted by Crippen LogP contribution is -2.30. The maximum atomic E-state index is 12.2. The van der Waals surface area contributed by atoms with Crippen LogP contribution in [0, 0.1) is 11.3 Å². The van der Waals surface area contributed by atoms with Gasteiger partial charge in [-0.1, -0.05) is 24.3 Å². The van der Waals surface area contributed by atoms with Gasteiger partial charge in [0.15, 0.2) is 17.6 Å². The van der Waals surface area contributed by atoms with E-state index in [0.29, 0.717) is 22.7 Å². The van der Waals surface area contributed by atoms with Crippen LogP contribution >= 0.6 is 0 Å². The second-order valence-electron chi connectivity index (χ2n) is 5.85. The molecule has 0 aliphatic heterocycles. The smallest absolute Gasteiger partial charge is 0.307 e. The predicted molar refractivity (Wildman–Crippen MR) is 97.7 cm³/mol. The number of nitrogens with zero attached hydrogens (tertiary/aromatic N) is 2. The number of hydrogen-bond donors (Lipinski definition) is 1. The molecule has 0 saturated heterocycles. The number of anilines is 1. The lowest BCUT2D eigenvalue weighted by molar-refractivity contribution is -0.153. The Kier molecular flexibility index (Phi) is 5.47. The van der Waals surface area contributed by atoms with Crippen LogP contribution in [0.25, 0.3) is 11.1 Å². The molecular formula is C20H17N3O4. The Bertz CT molecular complexity index is 986. The highest BCUT2D eigenvalue weighted by atomic mass is 16.5. The highest BCUT2D eigenvalue weighted by molar-refractivity contribution is 5.96. The molecule has 0 bridgehead atoms. The van der Waals surface area contributed by atoms with Crippen molar-refractivity contribution in [2.75, 3.05) is 5.32 Å². The van der Waals surface area contributed by atoms with E-state index in [2.05, 4.69) is 10.3 Å². The highest BCUT2D eigenvalue weighted by Crippen LogP contribution is 2.16. The summed E-state index contributed by atoms with van der Waals surface area (Å²) in [6, 6.07) is 15.9. The van der Waals surface area contributed by atoms with Gasteiger partial charge in [-0.25, -0.2) is 4.98 Å². The molecule has 136 valence electrons. The molecule has 0 aliphatic carbocycles. The van der Waals surface area contributed by atoms with E-state index < -0.39 is 18.0 Å². The largest absolute Gasteiger partial charge is 0.453 e. The third kappa shape index (κ3) is 4.50. The Labute approximate surface area is 155 Å². The Morgan fingerprint density at radius 2 is 1.96 bits per heavy atom. The second-order valence-corrected chi connectivity index (χ2v) is 5.85. The predicted octanol–water partition coefficient (Wildman–Crippen LogP) is 3.20. The van der Waals surface area contributed by atoms with Gasteiger partial charge in [0.25, 0.3) is 5.91 Å². The number of oxazole rings is 1. The second kappa shape index (κ2) is 8.15. The maximum absolute atomic E-state index is 12.2. The van der Waals surface area contributed by atoms with Gasteiger partial charge in [0.2, 0.25) is 0 Å². The lowest BCUT2D eigenvalue weighted by atomic mass is 10.2. The number of benzene rings is 2. The SMILES string of the molecule is C[C@@H](OC(=O)CCc1nc2ccccc2o1)C(=O)Nc1ccccc1C#N. The van der Waals surface area contributed by atoms with E-state index in [-0.39, 0.29) is 12.8 Å².